The van der Waals surface area contributed by atoms with Gasteiger partial charge < -0.3 is 17.7 Å². The van der Waals surface area contributed by atoms with Crippen LogP contribution in [0.25, 0.3) is 0 Å². The van der Waals surface area contributed by atoms with Gasteiger partial charge in [0.25, 0.3) is 0 Å². The first-order valence-electron chi connectivity index (χ1n) is 2.55. The molecule has 0 spiro atoms. The highest BCUT2D eigenvalue weighted by molar-refractivity contribution is 4.80. The Hall–Kier alpha value is 0.250. The summed E-state index contributed by atoms with van der Waals surface area (Å²) in [7, 11) is 0. The highest BCUT2D eigenvalue weighted by Gasteiger charge is 2.17. The lowest BCUT2D eigenvalue weighted by Gasteiger charge is -2.31. The zero-order valence-electron chi connectivity index (χ0n) is 5.74. The third-order valence-corrected chi connectivity index (χ3v) is 1.28. The fourth-order valence-corrected chi connectivity index (χ4v) is 0.992. The van der Waals surface area contributed by atoms with E-state index < -0.39 is 0 Å². The third-order valence-electron chi connectivity index (χ3n) is 1.28. The van der Waals surface area contributed by atoms with E-state index in [1.54, 1.807) is 0 Å². The Kier molecular flexibility index (Phi) is 2.62. The second kappa shape index (κ2) is 2.53. The first kappa shape index (κ1) is 7.25. The maximum atomic E-state index is 3.31. The summed E-state index contributed by atoms with van der Waals surface area (Å²) in [5.74, 6) is 0. The van der Waals surface area contributed by atoms with Crippen LogP contribution in [0.4, 0.5) is 0 Å². The van der Waals surface area contributed by atoms with E-state index in [0.29, 0.717) is 0 Å². The molecule has 0 saturated carbocycles. The van der Waals surface area contributed by atoms with Crippen molar-refractivity contribution in [2.45, 2.75) is 32.4 Å². The molecule has 0 aromatic rings. The molecular formula is C5H12ClN. The number of halogens is 1. The monoisotopic (exact) mass is 121 g/mol. The summed E-state index contributed by atoms with van der Waals surface area (Å²) in [5.41, 5.74) is 0. The average molecular weight is 122 g/mol. The molecule has 1 aliphatic rings. The molecule has 0 radical (unpaired) electrons. The zero-order valence-corrected chi connectivity index (χ0v) is 5.50. The number of nitrogens with one attached hydrogen (secondary N) is 1. The molecule has 0 aliphatic carbocycles. The Labute approximate surface area is 52.4 Å². The largest absolute Gasteiger partial charge is 1.00 e. The van der Waals surface area contributed by atoms with Crippen LogP contribution >= 0.6 is 0 Å². The summed E-state index contributed by atoms with van der Waals surface area (Å²) in [6, 6.07) is 1.58. The van der Waals surface area contributed by atoms with Crippen molar-refractivity contribution >= 4 is 0 Å². The molecule has 0 bridgehead atoms. The van der Waals surface area contributed by atoms with Gasteiger partial charge in [-0.25, -0.2) is 0 Å². The topological polar surface area (TPSA) is 12.0 Å². The Bertz CT molecular complexity index is 48.4. The lowest BCUT2D eigenvalue weighted by molar-refractivity contribution is -0.00000187. The van der Waals surface area contributed by atoms with Gasteiger partial charge in [0, 0.05) is 12.1 Å². The Balaban J connectivity index is 0. The molecule has 1 nitrogen and oxygen atoms in total. The van der Waals surface area contributed by atoms with Crippen LogP contribution in [0.5, 0.6) is 0 Å². The van der Waals surface area contributed by atoms with Crippen molar-refractivity contribution in [2.75, 3.05) is 0 Å². The molecule has 7 heavy (non-hydrogen) atoms. The van der Waals surface area contributed by atoms with Gasteiger partial charge in [-0.2, -0.15) is 0 Å². The van der Waals surface area contributed by atoms with Crippen LogP contribution in [0.3, 0.4) is 0 Å². The van der Waals surface area contributed by atoms with E-state index in [2.05, 4.69) is 19.2 Å². The highest BCUT2D eigenvalue weighted by Crippen LogP contribution is 2.07. The van der Waals surface area contributed by atoms with Crippen LogP contribution in [0, 0.1) is 0 Å². The van der Waals surface area contributed by atoms with Crippen LogP contribution < -0.4 is 17.7 Å². The lowest BCUT2D eigenvalue weighted by Crippen LogP contribution is -3.00. The molecule has 1 rings (SSSR count). The van der Waals surface area contributed by atoms with Gasteiger partial charge in [0.1, 0.15) is 0 Å². The maximum Gasteiger partial charge on any atom is 1.00 e. The van der Waals surface area contributed by atoms with Crippen LogP contribution in [0.1, 0.15) is 21.7 Å². The van der Waals surface area contributed by atoms with Crippen molar-refractivity contribution in [2.24, 2.45) is 0 Å². The molecule has 44 valence electrons. The minimum absolute atomic E-state index is 0. The normalized spacial score (nSPS) is 38.6. The van der Waals surface area contributed by atoms with E-state index in [-0.39, 0.29) is 13.8 Å². The van der Waals surface area contributed by atoms with E-state index in [0.717, 1.165) is 12.1 Å². The third kappa shape index (κ3) is 1.66. The SMILES string of the molecule is CC1CC(C)N1.[Cl-].[H+]. The van der Waals surface area contributed by atoms with Crippen LogP contribution in [-0.4, -0.2) is 12.1 Å². The van der Waals surface area contributed by atoms with Crippen molar-refractivity contribution in [3.8, 4) is 0 Å². The minimum Gasteiger partial charge on any atom is -1.00 e. The predicted molar refractivity (Wildman–Crippen MR) is 27.8 cm³/mol. The molecule has 0 aromatic heterocycles. The van der Waals surface area contributed by atoms with E-state index in [1.807, 2.05) is 0 Å². The standard InChI is InChI=1S/C5H11N.ClH/c1-4-3-5(2)6-4;/h4-6H,3H2,1-2H3;1H. The van der Waals surface area contributed by atoms with Crippen LogP contribution in [0.15, 0.2) is 0 Å². The quantitative estimate of drug-likeness (QED) is 0.386. The molecule has 1 saturated heterocycles. The summed E-state index contributed by atoms with van der Waals surface area (Å²) >= 11 is 0. The molecule has 1 heterocycles. The Morgan fingerprint density at radius 1 is 1.43 bits per heavy atom. The number of hydrogen-bond donors (Lipinski definition) is 1. The van der Waals surface area contributed by atoms with Gasteiger partial charge >= 0.3 is 1.43 Å². The van der Waals surface area contributed by atoms with Crippen LogP contribution in [0.2, 0.25) is 0 Å². The van der Waals surface area contributed by atoms with Gasteiger partial charge in [0.05, 0.1) is 0 Å². The fraction of sp³-hybridized carbons (Fsp3) is 1.00. The summed E-state index contributed by atoms with van der Waals surface area (Å²) < 4.78 is 0. The first-order chi connectivity index (χ1) is 2.79. The first-order valence-corrected chi connectivity index (χ1v) is 2.55. The average Bonchev–Trinajstić information content (AvgIpc) is 1.33. The van der Waals surface area contributed by atoms with Gasteiger partial charge in [-0.1, -0.05) is 0 Å². The van der Waals surface area contributed by atoms with E-state index in [4.69, 9.17) is 0 Å². The number of rotatable bonds is 0. The number of hydrogen-bond acceptors (Lipinski definition) is 1. The van der Waals surface area contributed by atoms with Gasteiger partial charge in [0.2, 0.25) is 0 Å². The van der Waals surface area contributed by atoms with E-state index >= 15 is 0 Å². The summed E-state index contributed by atoms with van der Waals surface area (Å²) in [5, 5.41) is 3.31. The van der Waals surface area contributed by atoms with E-state index in [1.165, 1.54) is 6.42 Å². The van der Waals surface area contributed by atoms with Crippen molar-refractivity contribution < 1.29 is 13.8 Å². The minimum atomic E-state index is 0. The van der Waals surface area contributed by atoms with Crippen LogP contribution in [-0.2, 0) is 0 Å². The van der Waals surface area contributed by atoms with Gasteiger partial charge in [0.15, 0.2) is 0 Å². The Morgan fingerprint density at radius 2 is 1.71 bits per heavy atom. The summed E-state index contributed by atoms with van der Waals surface area (Å²) in [6.07, 6.45) is 1.36. The van der Waals surface area contributed by atoms with Crippen molar-refractivity contribution in [3.63, 3.8) is 0 Å². The predicted octanol–water partition coefficient (Wildman–Crippen LogP) is -2.13. The lowest BCUT2D eigenvalue weighted by atomic mass is 10.0. The van der Waals surface area contributed by atoms with Gasteiger partial charge in [-0.15, -0.1) is 0 Å². The maximum absolute atomic E-state index is 3.31. The second-order valence-corrected chi connectivity index (χ2v) is 2.20. The molecule has 0 amide bonds. The fourth-order valence-electron chi connectivity index (χ4n) is 0.992. The van der Waals surface area contributed by atoms with Crippen molar-refractivity contribution in [1.29, 1.82) is 0 Å². The smallest absolute Gasteiger partial charge is 1.00 e. The molecule has 0 aromatic carbocycles. The molecule has 2 atom stereocenters. The van der Waals surface area contributed by atoms with Gasteiger partial charge in [-0.3, -0.25) is 0 Å². The zero-order chi connectivity index (χ0) is 4.57. The summed E-state index contributed by atoms with van der Waals surface area (Å²) in [6.45, 7) is 4.42. The second-order valence-electron chi connectivity index (χ2n) is 2.20. The summed E-state index contributed by atoms with van der Waals surface area (Å²) in [4.78, 5) is 0. The highest BCUT2D eigenvalue weighted by atomic mass is 35.5. The molecule has 1 aliphatic heterocycles. The molecule has 1 N–H and O–H groups in total. The molecular weight excluding hydrogens is 110 g/mol. The Morgan fingerprint density at radius 3 is 1.71 bits per heavy atom. The van der Waals surface area contributed by atoms with Crippen molar-refractivity contribution in [3.05, 3.63) is 0 Å². The van der Waals surface area contributed by atoms with E-state index in [9.17, 15) is 0 Å². The molecule has 2 unspecified atom stereocenters. The van der Waals surface area contributed by atoms with Crippen molar-refractivity contribution in [1.82, 2.24) is 5.32 Å². The molecule has 1 fully saturated rings. The van der Waals surface area contributed by atoms with Gasteiger partial charge in [-0.05, 0) is 20.3 Å². The molecule has 2 heteroatoms.